The number of rotatable bonds is 6. The topological polar surface area (TPSA) is 67.6 Å². The highest BCUT2D eigenvalue weighted by Crippen LogP contribution is 2.28. The van der Waals surface area contributed by atoms with E-state index < -0.39 is 0 Å². The van der Waals surface area contributed by atoms with Crippen molar-refractivity contribution in [3.05, 3.63) is 52.9 Å². The van der Waals surface area contributed by atoms with E-state index in [1.54, 1.807) is 7.11 Å². The van der Waals surface area contributed by atoms with E-state index in [4.69, 9.17) is 9.26 Å². The Kier molecular flexibility index (Phi) is 6.07. The van der Waals surface area contributed by atoms with Gasteiger partial charge in [-0.2, -0.15) is 0 Å². The number of nitrogens with one attached hydrogen (secondary N) is 1. The number of benzene rings is 1. The Balaban J connectivity index is 1.37. The molecule has 150 valence electrons. The molecule has 0 radical (unpaired) electrons. The van der Waals surface area contributed by atoms with Gasteiger partial charge in [0.05, 0.1) is 5.69 Å². The molecule has 0 bridgehead atoms. The summed E-state index contributed by atoms with van der Waals surface area (Å²) in [6.07, 6.45) is 3.45. The molecule has 0 aliphatic carbocycles. The van der Waals surface area contributed by atoms with Gasteiger partial charge in [-0.25, -0.2) is 0 Å². The molecule has 1 saturated heterocycles. The first-order chi connectivity index (χ1) is 13.7. The lowest BCUT2D eigenvalue weighted by Gasteiger charge is -2.34. The van der Waals surface area contributed by atoms with E-state index in [2.05, 4.69) is 34.7 Å². The summed E-state index contributed by atoms with van der Waals surface area (Å²) in [5, 5.41) is 7.65. The van der Waals surface area contributed by atoms with Gasteiger partial charge in [0.2, 0.25) is 5.91 Å². The van der Waals surface area contributed by atoms with Crippen molar-refractivity contribution in [1.82, 2.24) is 15.4 Å². The van der Waals surface area contributed by atoms with Crippen molar-refractivity contribution in [3.8, 4) is 0 Å². The van der Waals surface area contributed by atoms with Crippen LogP contribution in [0.25, 0.3) is 0 Å². The Morgan fingerprint density at radius 3 is 3.04 bits per heavy atom. The molecule has 2 aliphatic heterocycles. The average molecular weight is 383 g/mol. The van der Waals surface area contributed by atoms with Gasteiger partial charge in [-0.15, -0.1) is 0 Å². The van der Waals surface area contributed by atoms with Crippen molar-refractivity contribution >= 4 is 5.91 Å². The molecular formula is C22H29N3O3. The zero-order valence-electron chi connectivity index (χ0n) is 16.5. The Hall–Kier alpha value is -2.18. The first kappa shape index (κ1) is 19.2. The third-order valence-corrected chi connectivity index (χ3v) is 6.05. The van der Waals surface area contributed by atoms with Gasteiger partial charge in [0.15, 0.2) is 5.76 Å². The molecule has 0 unspecified atom stereocenters. The highest BCUT2D eigenvalue weighted by molar-refractivity contribution is 5.76. The van der Waals surface area contributed by atoms with Gasteiger partial charge in [-0.05, 0) is 55.3 Å². The lowest BCUT2D eigenvalue weighted by Crippen LogP contribution is -2.42. The summed E-state index contributed by atoms with van der Waals surface area (Å²) >= 11 is 0. The van der Waals surface area contributed by atoms with Crippen molar-refractivity contribution in [2.45, 2.75) is 38.8 Å². The lowest BCUT2D eigenvalue weighted by atomic mass is 9.81. The number of ether oxygens (including phenoxy) is 1. The minimum atomic E-state index is 0.284. The van der Waals surface area contributed by atoms with Crippen LogP contribution in [-0.4, -0.2) is 42.7 Å². The van der Waals surface area contributed by atoms with E-state index >= 15 is 0 Å². The molecule has 1 amide bonds. The van der Waals surface area contributed by atoms with Crippen molar-refractivity contribution in [2.75, 3.05) is 26.7 Å². The highest BCUT2D eigenvalue weighted by Gasteiger charge is 2.30. The van der Waals surface area contributed by atoms with Gasteiger partial charge in [-0.3, -0.25) is 4.79 Å². The molecular weight excluding hydrogens is 354 g/mol. The summed E-state index contributed by atoms with van der Waals surface area (Å²) in [4.78, 5) is 15.1. The number of fused-ring (bicyclic) bond motifs is 1. The maximum Gasteiger partial charge on any atom is 0.223 e. The molecule has 2 aliphatic rings. The summed E-state index contributed by atoms with van der Waals surface area (Å²) in [5.41, 5.74) is 3.62. The molecule has 1 aromatic heterocycles. The number of hydrogen-bond acceptors (Lipinski definition) is 5. The van der Waals surface area contributed by atoms with Gasteiger partial charge >= 0.3 is 0 Å². The molecule has 0 saturated carbocycles. The maximum atomic E-state index is 13.0. The Bertz CT molecular complexity index is 804. The van der Waals surface area contributed by atoms with E-state index in [1.165, 1.54) is 11.1 Å². The number of aromatic nitrogens is 1. The van der Waals surface area contributed by atoms with Crippen molar-refractivity contribution in [2.24, 2.45) is 11.8 Å². The summed E-state index contributed by atoms with van der Waals surface area (Å²) in [6.45, 7) is 3.91. The summed E-state index contributed by atoms with van der Waals surface area (Å²) in [7, 11) is 1.65. The Morgan fingerprint density at radius 2 is 2.18 bits per heavy atom. The number of nitrogens with zero attached hydrogens (tertiary/aromatic N) is 2. The van der Waals surface area contributed by atoms with Crippen LogP contribution in [0.1, 0.15) is 35.4 Å². The molecule has 28 heavy (non-hydrogen) atoms. The largest absolute Gasteiger partial charge is 0.377 e. The number of piperidine rings is 1. The first-order valence-corrected chi connectivity index (χ1v) is 10.2. The molecule has 3 heterocycles. The van der Waals surface area contributed by atoms with Gasteiger partial charge in [0.25, 0.3) is 0 Å². The van der Waals surface area contributed by atoms with Crippen LogP contribution in [0, 0.1) is 11.8 Å². The molecule has 1 N–H and O–H groups in total. The van der Waals surface area contributed by atoms with E-state index in [1.807, 2.05) is 11.0 Å². The third-order valence-electron chi connectivity index (χ3n) is 6.05. The fraction of sp³-hybridized carbons (Fsp3) is 0.545. The van der Waals surface area contributed by atoms with Crippen LogP contribution >= 0.6 is 0 Å². The van der Waals surface area contributed by atoms with E-state index in [9.17, 15) is 4.79 Å². The van der Waals surface area contributed by atoms with E-state index in [0.717, 1.165) is 56.9 Å². The Morgan fingerprint density at radius 1 is 1.32 bits per heavy atom. The molecule has 0 spiro atoms. The van der Waals surface area contributed by atoms with Crippen molar-refractivity contribution < 1.29 is 14.1 Å². The van der Waals surface area contributed by atoms with Crippen LogP contribution in [0.5, 0.6) is 0 Å². The standard InChI is InChI=1S/C22H29N3O3/c1-27-15-21-12-20(24-28-21)10-19-13-23-8-6-17(19)11-22(26)25-9-7-16-4-2-3-5-18(16)14-25/h2-5,12,17,19,23H,6-11,13-15H2,1H3/t17-,19+/m0/s1. The van der Waals surface area contributed by atoms with E-state index in [-0.39, 0.29) is 5.91 Å². The normalized spacial score (nSPS) is 22.1. The summed E-state index contributed by atoms with van der Waals surface area (Å²) < 4.78 is 10.4. The molecule has 6 heteroatoms. The predicted octanol–water partition coefficient (Wildman–Crippen LogP) is 2.56. The fourth-order valence-electron chi connectivity index (χ4n) is 4.48. The summed E-state index contributed by atoms with van der Waals surface area (Å²) in [5.74, 6) is 1.82. The molecule has 6 nitrogen and oxygen atoms in total. The van der Waals surface area contributed by atoms with Gasteiger partial charge in [-0.1, -0.05) is 29.4 Å². The van der Waals surface area contributed by atoms with Crippen LogP contribution in [0.3, 0.4) is 0 Å². The number of methoxy groups -OCH3 is 1. The molecule has 2 atom stereocenters. The quantitative estimate of drug-likeness (QED) is 0.830. The van der Waals surface area contributed by atoms with Gasteiger partial charge in [0.1, 0.15) is 6.61 Å². The number of carbonyl (C=O) groups excluding carboxylic acids is 1. The second-order valence-electron chi connectivity index (χ2n) is 7.97. The molecule has 4 rings (SSSR count). The SMILES string of the molecule is COCc1cc(C[C@@H]2CNCC[C@H]2CC(=O)N2CCc3ccccc3C2)no1. The Labute approximate surface area is 166 Å². The second kappa shape index (κ2) is 8.88. The number of carbonyl (C=O) groups is 1. The second-order valence-corrected chi connectivity index (χ2v) is 7.97. The molecule has 1 fully saturated rings. The zero-order chi connectivity index (χ0) is 19.3. The van der Waals surface area contributed by atoms with Crippen LogP contribution in [0.15, 0.2) is 34.9 Å². The minimum Gasteiger partial charge on any atom is -0.377 e. The van der Waals surface area contributed by atoms with Crippen LogP contribution in [-0.2, 0) is 35.5 Å². The summed E-state index contributed by atoms with van der Waals surface area (Å²) in [6, 6.07) is 10.4. The van der Waals surface area contributed by atoms with E-state index in [0.29, 0.717) is 24.9 Å². The predicted molar refractivity (Wildman–Crippen MR) is 106 cm³/mol. The number of amides is 1. The fourth-order valence-corrected chi connectivity index (χ4v) is 4.48. The highest BCUT2D eigenvalue weighted by atomic mass is 16.5. The smallest absolute Gasteiger partial charge is 0.223 e. The first-order valence-electron chi connectivity index (χ1n) is 10.2. The molecule has 2 aromatic rings. The third kappa shape index (κ3) is 4.45. The average Bonchev–Trinajstić information content (AvgIpc) is 3.16. The van der Waals surface area contributed by atoms with Crippen LogP contribution in [0.4, 0.5) is 0 Å². The zero-order valence-corrected chi connectivity index (χ0v) is 16.5. The monoisotopic (exact) mass is 383 g/mol. The van der Waals surface area contributed by atoms with Crippen LogP contribution in [0.2, 0.25) is 0 Å². The van der Waals surface area contributed by atoms with Gasteiger partial charge < -0.3 is 19.5 Å². The van der Waals surface area contributed by atoms with Crippen LogP contribution < -0.4 is 5.32 Å². The molecule has 1 aromatic carbocycles. The van der Waals surface area contributed by atoms with Crippen molar-refractivity contribution in [3.63, 3.8) is 0 Å². The minimum absolute atomic E-state index is 0.284. The van der Waals surface area contributed by atoms with Crippen molar-refractivity contribution in [1.29, 1.82) is 0 Å². The maximum absolute atomic E-state index is 13.0. The van der Waals surface area contributed by atoms with Gasteiger partial charge in [0, 0.05) is 32.7 Å². The number of hydrogen-bond donors (Lipinski definition) is 1. The lowest BCUT2D eigenvalue weighted by molar-refractivity contribution is -0.133.